The van der Waals surface area contributed by atoms with E-state index in [1.54, 1.807) is 11.8 Å². The summed E-state index contributed by atoms with van der Waals surface area (Å²) < 4.78 is 0. The van der Waals surface area contributed by atoms with Gasteiger partial charge in [0, 0.05) is 10.9 Å². The number of aryl methyl sites for hydroxylation is 1. The molecule has 1 aromatic rings. The van der Waals surface area contributed by atoms with Crippen molar-refractivity contribution < 1.29 is 0 Å². The normalized spacial score (nSPS) is 12.8. The molecular weight excluding hydrogens is 178 g/mol. The summed E-state index contributed by atoms with van der Waals surface area (Å²) in [6.45, 7) is 2.05. The second-order valence-corrected chi connectivity index (χ2v) is 4.25. The number of thioether (sulfide) groups is 1. The molecule has 0 aliphatic heterocycles. The van der Waals surface area contributed by atoms with E-state index in [0.29, 0.717) is 6.04 Å². The fraction of sp³-hybridized carbons (Fsp3) is 0.455. The van der Waals surface area contributed by atoms with Crippen LogP contribution in [0.4, 0.5) is 0 Å². The standard InChI is InChI=1S/C11H17NS/c1-9(12)6-7-10-4-3-5-11(8-10)13-2/h3-5,8-9H,6-7,12H2,1-2H3/t9-/m0/s1. The minimum Gasteiger partial charge on any atom is -0.328 e. The summed E-state index contributed by atoms with van der Waals surface area (Å²) in [7, 11) is 0. The largest absolute Gasteiger partial charge is 0.328 e. The maximum atomic E-state index is 5.71. The van der Waals surface area contributed by atoms with E-state index < -0.39 is 0 Å². The van der Waals surface area contributed by atoms with Crippen LogP contribution < -0.4 is 5.73 Å². The van der Waals surface area contributed by atoms with E-state index in [4.69, 9.17) is 5.73 Å². The van der Waals surface area contributed by atoms with Gasteiger partial charge in [0.05, 0.1) is 0 Å². The fourth-order valence-electron chi connectivity index (χ4n) is 1.22. The monoisotopic (exact) mass is 195 g/mol. The molecule has 0 bridgehead atoms. The summed E-state index contributed by atoms with van der Waals surface area (Å²) >= 11 is 1.79. The van der Waals surface area contributed by atoms with E-state index in [1.807, 2.05) is 0 Å². The van der Waals surface area contributed by atoms with Gasteiger partial charge in [-0.1, -0.05) is 12.1 Å². The zero-order valence-electron chi connectivity index (χ0n) is 8.29. The van der Waals surface area contributed by atoms with E-state index in [2.05, 4.69) is 37.4 Å². The van der Waals surface area contributed by atoms with Crippen molar-refractivity contribution in [1.82, 2.24) is 0 Å². The minimum atomic E-state index is 0.304. The maximum Gasteiger partial charge on any atom is 0.00718 e. The Labute approximate surface area is 84.7 Å². The summed E-state index contributed by atoms with van der Waals surface area (Å²) in [4.78, 5) is 1.34. The summed E-state index contributed by atoms with van der Waals surface area (Å²) in [5.74, 6) is 0. The Balaban J connectivity index is 2.56. The summed E-state index contributed by atoms with van der Waals surface area (Å²) in [5.41, 5.74) is 7.10. The van der Waals surface area contributed by atoms with E-state index >= 15 is 0 Å². The number of benzene rings is 1. The Hall–Kier alpha value is -0.470. The van der Waals surface area contributed by atoms with Gasteiger partial charge in [0.2, 0.25) is 0 Å². The van der Waals surface area contributed by atoms with Crippen LogP contribution in [0.5, 0.6) is 0 Å². The molecular formula is C11H17NS. The first-order valence-corrected chi connectivity index (χ1v) is 5.83. The van der Waals surface area contributed by atoms with Gasteiger partial charge in [-0.05, 0) is 43.7 Å². The molecule has 2 heteroatoms. The Morgan fingerprint density at radius 1 is 1.46 bits per heavy atom. The lowest BCUT2D eigenvalue weighted by molar-refractivity contribution is 0.665. The van der Waals surface area contributed by atoms with Gasteiger partial charge in [-0.3, -0.25) is 0 Å². The fourth-order valence-corrected chi connectivity index (χ4v) is 1.71. The van der Waals surface area contributed by atoms with Crippen LogP contribution in [0.15, 0.2) is 29.2 Å². The Kier molecular flexibility index (Phi) is 4.33. The van der Waals surface area contributed by atoms with Gasteiger partial charge in [-0.15, -0.1) is 11.8 Å². The van der Waals surface area contributed by atoms with Crippen molar-refractivity contribution in [2.24, 2.45) is 5.73 Å². The van der Waals surface area contributed by atoms with Crippen LogP contribution in [0.25, 0.3) is 0 Å². The molecule has 1 atom stereocenters. The maximum absolute atomic E-state index is 5.71. The molecule has 0 aromatic heterocycles. The number of hydrogen-bond donors (Lipinski definition) is 1. The second kappa shape index (κ2) is 5.30. The Morgan fingerprint density at radius 2 is 2.23 bits per heavy atom. The van der Waals surface area contributed by atoms with Gasteiger partial charge in [-0.2, -0.15) is 0 Å². The molecule has 0 radical (unpaired) electrons. The molecule has 0 aliphatic rings. The molecule has 0 saturated carbocycles. The van der Waals surface area contributed by atoms with E-state index in [0.717, 1.165) is 12.8 Å². The van der Waals surface area contributed by atoms with Crippen molar-refractivity contribution >= 4 is 11.8 Å². The molecule has 1 aromatic carbocycles. The average molecular weight is 195 g/mol. The van der Waals surface area contributed by atoms with Crippen LogP contribution in [0.1, 0.15) is 18.9 Å². The second-order valence-electron chi connectivity index (χ2n) is 3.37. The van der Waals surface area contributed by atoms with Gasteiger partial charge >= 0.3 is 0 Å². The predicted octanol–water partition coefficient (Wildman–Crippen LogP) is 2.69. The highest BCUT2D eigenvalue weighted by molar-refractivity contribution is 7.98. The third kappa shape index (κ3) is 3.83. The van der Waals surface area contributed by atoms with Crippen LogP contribution in [-0.2, 0) is 6.42 Å². The lowest BCUT2D eigenvalue weighted by atomic mass is 10.1. The Morgan fingerprint density at radius 3 is 2.85 bits per heavy atom. The highest BCUT2D eigenvalue weighted by Crippen LogP contribution is 2.16. The van der Waals surface area contributed by atoms with Gasteiger partial charge in [0.15, 0.2) is 0 Å². The van der Waals surface area contributed by atoms with Crippen molar-refractivity contribution in [3.63, 3.8) is 0 Å². The average Bonchev–Trinajstić information content (AvgIpc) is 2.15. The van der Waals surface area contributed by atoms with Crippen LogP contribution >= 0.6 is 11.8 Å². The zero-order valence-corrected chi connectivity index (χ0v) is 9.10. The topological polar surface area (TPSA) is 26.0 Å². The highest BCUT2D eigenvalue weighted by atomic mass is 32.2. The van der Waals surface area contributed by atoms with Gasteiger partial charge < -0.3 is 5.73 Å². The first kappa shape index (κ1) is 10.6. The van der Waals surface area contributed by atoms with Gasteiger partial charge in [0.1, 0.15) is 0 Å². The molecule has 0 spiro atoms. The molecule has 13 heavy (non-hydrogen) atoms. The molecule has 0 aliphatic carbocycles. The number of nitrogens with two attached hydrogens (primary N) is 1. The molecule has 0 heterocycles. The lowest BCUT2D eigenvalue weighted by Gasteiger charge is -2.05. The molecule has 2 N–H and O–H groups in total. The molecule has 0 fully saturated rings. The zero-order chi connectivity index (χ0) is 9.68. The number of hydrogen-bond acceptors (Lipinski definition) is 2. The Bertz CT molecular complexity index is 258. The van der Waals surface area contributed by atoms with E-state index in [9.17, 15) is 0 Å². The molecule has 1 rings (SSSR count). The predicted molar refractivity (Wildman–Crippen MR) is 60.2 cm³/mol. The molecule has 0 unspecified atom stereocenters. The lowest BCUT2D eigenvalue weighted by Crippen LogP contribution is -2.15. The first-order valence-electron chi connectivity index (χ1n) is 4.61. The summed E-state index contributed by atoms with van der Waals surface area (Å²) in [6.07, 6.45) is 4.26. The third-order valence-electron chi connectivity index (χ3n) is 2.02. The van der Waals surface area contributed by atoms with Crippen molar-refractivity contribution in [3.8, 4) is 0 Å². The van der Waals surface area contributed by atoms with Crippen molar-refractivity contribution in [1.29, 1.82) is 0 Å². The summed E-state index contributed by atoms with van der Waals surface area (Å²) in [5, 5.41) is 0. The van der Waals surface area contributed by atoms with Gasteiger partial charge in [0.25, 0.3) is 0 Å². The number of rotatable bonds is 4. The third-order valence-corrected chi connectivity index (χ3v) is 2.75. The van der Waals surface area contributed by atoms with Crippen molar-refractivity contribution in [2.45, 2.75) is 30.7 Å². The van der Waals surface area contributed by atoms with Crippen LogP contribution in [0, 0.1) is 0 Å². The molecule has 0 saturated heterocycles. The smallest absolute Gasteiger partial charge is 0.00718 e. The van der Waals surface area contributed by atoms with Crippen LogP contribution in [-0.4, -0.2) is 12.3 Å². The van der Waals surface area contributed by atoms with Crippen molar-refractivity contribution in [2.75, 3.05) is 6.26 Å². The SMILES string of the molecule is CSc1cccc(CC[C@H](C)N)c1. The quantitative estimate of drug-likeness (QED) is 0.748. The molecule has 1 nitrogen and oxygen atoms in total. The van der Waals surface area contributed by atoms with E-state index in [1.165, 1.54) is 10.5 Å². The van der Waals surface area contributed by atoms with E-state index in [-0.39, 0.29) is 0 Å². The molecule has 72 valence electrons. The van der Waals surface area contributed by atoms with Crippen LogP contribution in [0.2, 0.25) is 0 Å². The van der Waals surface area contributed by atoms with Crippen molar-refractivity contribution in [3.05, 3.63) is 29.8 Å². The van der Waals surface area contributed by atoms with Gasteiger partial charge in [-0.25, -0.2) is 0 Å². The first-order chi connectivity index (χ1) is 6.22. The molecule has 0 amide bonds. The summed E-state index contributed by atoms with van der Waals surface area (Å²) in [6, 6.07) is 8.97. The highest BCUT2D eigenvalue weighted by Gasteiger charge is 1.97. The van der Waals surface area contributed by atoms with Crippen LogP contribution in [0.3, 0.4) is 0 Å². The minimum absolute atomic E-state index is 0.304.